The molecule has 0 aliphatic heterocycles. The van der Waals surface area contributed by atoms with Gasteiger partial charge in [-0.05, 0) is 12.5 Å². The normalized spacial score (nSPS) is 10.6. The highest BCUT2D eigenvalue weighted by Gasteiger charge is 2.26. The second-order valence-electron chi connectivity index (χ2n) is 6.04. The fraction of sp³-hybridized carbons (Fsp3) is 0.0909. The lowest BCUT2D eigenvalue weighted by molar-refractivity contribution is 0.0526. The van der Waals surface area contributed by atoms with Gasteiger partial charge in [0.2, 0.25) is 0 Å². The van der Waals surface area contributed by atoms with Gasteiger partial charge in [0, 0.05) is 23.5 Å². The number of nitrogens with zero attached hydrogens (tertiary/aromatic N) is 4. The highest BCUT2D eigenvalue weighted by molar-refractivity contribution is 6.03. The largest absolute Gasteiger partial charge is 0.462 e. The summed E-state index contributed by atoms with van der Waals surface area (Å²) in [5, 5.41) is 8.84. The van der Waals surface area contributed by atoms with Gasteiger partial charge in [-0.3, -0.25) is 4.57 Å². The smallest absolute Gasteiger partial charge is 0.342 e. The Balaban J connectivity index is 2.07. The van der Waals surface area contributed by atoms with Crippen LogP contribution in [0.25, 0.3) is 28.2 Å². The number of hydrogen-bond acceptors (Lipinski definition) is 5. The molecule has 6 heteroatoms. The molecule has 0 atom stereocenters. The number of carbonyl (C=O) groups excluding carboxylic acids is 1. The molecule has 0 spiro atoms. The Hall–Kier alpha value is -3.80. The van der Waals surface area contributed by atoms with Crippen LogP contribution >= 0.6 is 0 Å². The molecule has 0 amide bonds. The van der Waals surface area contributed by atoms with Crippen molar-refractivity contribution in [1.82, 2.24) is 19.7 Å². The van der Waals surface area contributed by atoms with E-state index in [1.54, 1.807) is 30.2 Å². The van der Waals surface area contributed by atoms with E-state index in [0.717, 1.165) is 11.1 Å². The molecule has 4 aromatic rings. The van der Waals surface area contributed by atoms with Crippen LogP contribution in [-0.4, -0.2) is 32.3 Å². The molecule has 0 aliphatic rings. The van der Waals surface area contributed by atoms with Crippen LogP contribution in [0.3, 0.4) is 0 Å². The summed E-state index contributed by atoms with van der Waals surface area (Å²) < 4.78 is 7.05. The third-order valence-corrected chi connectivity index (χ3v) is 4.29. The molecule has 0 saturated carbocycles. The first kappa shape index (κ1) is 17.6. The Morgan fingerprint density at radius 2 is 1.64 bits per heavy atom. The molecule has 0 unspecified atom stereocenters. The molecule has 2 aromatic carbocycles. The number of carbonyl (C=O) groups is 1. The van der Waals surface area contributed by atoms with Crippen LogP contribution in [0.15, 0.2) is 79.4 Å². The molecule has 2 heterocycles. The Morgan fingerprint density at radius 1 is 0.964 bits per heavy atom. The molecule has 0 bridgehead atoms. The summed E-state index contributed by atoms with van der Waals surface area (Å²) in [6.07, 6.45) is 4.94. The molecule has 6 nitrogen and oxygen atoms in total. The van der Waals surface area contributed by atoms with Crippen molar-refractivity contribution >= 4 is 5.97 Å². The number of imidazole rings is 1. The number of hydrogen-bond donors (Lipinski definition) is 0. The van der Waals surface area contributed by atoms with Crippen LogP contribution < -0.4 is 0 Å². The predicted octanol–water partition coefficient (Wildman–Crippen LogP) is 4.17. The number of esters is 1. The van der Waals surface area contributed by atoms with Crippen molar-refractivity contribution in [2.24, 2.45) is 0 Å². The number of benzene rings is 2. The van der Waals surface area contributed by atoms with E-state index >= 15 is 0 Å². The van der Waals surface area contributed by atoms with Crippen LogP contribution in [0.5, 0.6) is 0 Å². The van der Waals surface area contributed by atoms with Gasteiger partial charge >= 0.3 is 5.97 Å². The molecule has 0 saturated heterocycles. The van der Waals surface area contributed by atoms with Crippen LogP contribution in [-0.2, 0) is 4.74 Å². The average molecular weight is 370 g/mol. The van der Waals surface area contributed by atoms with E-state index in [4.69, 9.17) is 4.74 Å². The van der Waals surface area contributed by atoms with E-state index in [9.17, 15) is 4.79 Å². The van der Waals surface area contributed by atoms with Gasteiger partial charge in [-0.15, -0.1) is 10.2 Å². The maximum atomic E-state index is 13.0. The summed E-state index contributed by atoms with van der Waals surface area (Å²) in [6, 6.07) is 19.4. The third-order valence-electron chi connectivity index (χ3n) is 4.29. The highest BCUT2D eigenvalue weighted by Crippen LogP contribution is 2.35. The van der Waals surface area contributed by atoms with Crippen molar-refractivity contribution in [2.45, 2.75) is 6.92 Å². The van der Waals surface area contributed by atoms with Gasteiger partial charge < -0.3 is 4.74 Å². The zero-order valence-corrected chi connectivity index (χ0v) is 15.3. The molecule has 0 aliphatic carbocycles. The van der Waals surface area contributed by atoms with E-state index in [0.29, 0.717) is 22.6 Å². The molecule has 0 N–H and O–H groups in total. The summed E-state index contributed by atoms with van der Waals surface area (Å²) in [5.41, 5.74) is 3.40. The zero-order valence-electron chi connectivity index (χ0n) is 15.3. The first-order valence-corrected chi connectivity index (χ1v) is 8.96. The highest BCUT2D eigenvalue weighted by atomic mass is 16.5. The van der Waals surface area contributed by atoms with Crippen LogP contribution in [0, 0.1) is 0 Å². The van der Waals surface area contributed by atoms with E-state index in [1.165, 1.54) is 0 Å². The van der Waals surface area contributed by atoms with Crippen molar-refractivity contribution in [1.29, 1.82) is 0 Å². The van der Waals surface area contributed by atoms with E-state index in [2.05, 4.69) is 15.2 Å². The van der Waals surface area contributed by atoms with Gasteiger partial charge in [-0.2, -0.15) is 0 Å². The summed E-state index contributed by atoms with van der Waals surface area (Å²) in [7, 11) is 0. The fourth-order valence-corrected chi connectivity index (χ4v) is 3.07. The van der Waals surface area contributed by atoms with Crippen LogP contribution in [0.2, 0.25) is 0 Å². The van der Waals surface area contributed by atoms with Gasteiger partial charge in [0.25, 0.3) is 0 Å². The third kappa shape index (κ3) is 3.27. The second-order valence-corrected chi connectivity index (χ2v) is 6.04. The Kier molecular flexibility index (Phi) is 4.93. The maximum absolute atomic E-state index is 13.0. The zero-order chi connectivity index (χ0) is 19.3. The van der Waals surface area contributed by atoms with Gasteiger partial charge in [0.05, 0.1) is 6.61 Å². The predicted molar refractivity (Wildman–Crippen MR) is 106 cm³/mol. The fourth-order valence-electron chi connectivity index (χ4n) is 3.07. The second kappa shape index (κ2) is 7.84. The van der Waals surface area contributed by atoms with Gasteiger partial charge in [0.1, 0.15) is 17.6 Å². The summed E-state index contributed by atoms with van der Waals surface area (Å²) in [4.78, 5) is 17.1. The van der Waals surface area contributed by atoms with Crippen molar-refractivity contribution in [3.8, 4) is 28.2 Å². The molecule has 28 heavy (non-hydrogen) atoms. The summed E-state index contributed by atoms with van der Waals surface area (Å²) in [5.74, 6) is -0.0633. The molecule has 138 valence electrons. The SMILES string of the molecule is CCOC(=O)c1c(-n2ccnc2)nnc(-c2ccccc2)c1-c1ccccc1. The van der Waals surface area contributed by atoms with Gasteiger partial charge in [-0.1, -0.05) is 60.7 Å². The standard InChI is InChI=1S/C22H18N4O2/c1-2-28-22(27)19-18(16-9-5-3-6-10-16)20(17-11-7-4-8-12-17)24-25-21(19)26-14-13-23-15-26/h3-15H,2H2,1H3. The minimum absolute atomic E-state index is 0.263. The topological polar surface area (TPSA) is 69.9 Å². The lowest BCUT2D eigenvalue weighted by Gasteiger charge is -2.16. The Morgan fingerprint density at radius 3 is 2.25 bits per heavy atom. The molecule has 0 radical (unpaired) electrons. The van der Waals surface area contributed by atoms with E-state index in [-0.39, 0.29) is 6.61 Å². The lowest BCUT2D eigenvalue weighted by atomic mass is 9.95. The molecule has 0 fully saturated rings. The number of rotatable bonds is 5. The van der Waals surface area contributed by atoms with Crippen LogP contribution in [0.1, 0.15) is 17.3 Å². The Labute approximate surface area is 162 Å². The Bertz CT molecular complexity index is 1080. The van der Waals surface area contributed by atoms with Crippen LogP contribution in [0.4, 0.5) is 0 Å². The van der Waals surface area contributed by atoms with Crippen molar-refractivity contribution < 1.29 is 9.53 Å². The van der Waals surface area contributed by atoms with E-state index in [1.807, 2.05) is 60.7 Å². The monoisotopic (exact) mass is 370 g/mol. The lowest BCUT2D eigenvalue weighted by Crippen LogP contribution is -2.15. The van der Waals surface area contributed by atoms with Crippen molar-refractivity contribution in [3.63, 3.8) is 0 Å². The molecular weight excluding hydrogens is 352 g/mol. The first-order chi connectivity index (χ1) is 13.8. The van der Waals surface area contributed by atoms with E-state index < -0.39 is 5.97 Å². The molecule has 4 rings (SSSR count). The van der Waals surface area contributed by atoms with Gasteiger partial charge in [-0.25, -0.2) is 9.78 Å². The van der Waals surface area contributed by atoms with Crippen molar-refractivity contribution in [2.75, 3.05) is 6.61 Å². The quantitative estimate of drug-likeness (QED) is 0.493. The number of ether oxygens (including phenoxy) is 1. The maximum Gasteiger partial charge on any atom is 0.342 e. The first-order valence-electron chi connectivity index (χ1n) is 8.96. The van der Waals surface area contributed by atoms with Gasteiger partial charge in [0.15, 0.2) is 5.82 Å². The minimum atomic E-state index is -0.447. The molecule has 2 aromatic heterocycles. The minimum Gasteiger partial charge on any atom is -0.462 e. The molecular formula is C22H18N4O2. The summed E-state index contributed by atoms with van der Waals surface area (Å²) in [6.45, 7) is 2.04. The van der Waals surface area contributed by atoms with Crippen molar-refractivity contribution in [3.05, 3.63) is 84.9 Å². The average Bonchev–Trinajstić information content (AvgIpc) is 3.29. The summed E-state index contributed by atoms with van der Waals surface area (Å²) >= 11 is 0. The number of aromatic nitrogens is 4.